The predicted octanol–water partition coefficient (Wildman–Crippen LogP) is 6.63. The van der Waals surface area contributed by atoms with Crippen molar-refractivity contribution in [2.45, 2.75) is 69.1 Å². The van der Waals surface area contributed by atoms with Crippen molar-refractivity contribution in [2.24, 2.45) is 5.92 Å². The van der Waals surface area contributed by atoms with Crippen LogP contribution in [0.5, 0.6) is 0 Å². The third-order valence-corrected chi connectivity index (χ3v) is 10.1. The number of nitrogens with zero attached hydrogens (tertiary/aromatic N) is 2. The van der Waals surface area contributed by atoms with Crippen LogP contribution in [0.25, 0.3) is 0 Å². The quantitative estimate of drug-likeness (QED) is 0.336. The maximum absolute atomic E-state index is 12.6. The monoisotopic (exact) mass is 564 g/mol. The van der Waals surface area contributed by atoms with Crippen LogP contribution in [0.3, 0.4) is 0 Å². The van der Waals surface area contributed by atoms with Crippen LogP contribution in [-0.4, -0.2) is 66.8 Å². The number of piperidine rings is 1. The first-order valence-electron chi connectivity index (χ1n) is 13.5. The molecule has 1 aromatic carbocycles. The highest BCUT2D eigenvalue weighted by atomic mass is 35.5. The third kappa shape index (κ3) is 5.90. The van der Waals surface area contributed by atoms with Crippen molar-refractivity contribution in [2.75, 3.05) is 39.8 Å². The number of likely N-dealkylation sites (tertiary alicyclic amines) is 2. The van der Waals surface area contributed by atoms with Crippen LogP contribution in [0, 0.1) is 5.92 Å². The van der Waals surface area contributed by atoms with Gasteiger partial charge in [0.15, 0.2) is 5.60 Å². The van der Waals surface area contributed by atoms with Gasteiger partial charge in [-0.05, 0) is 78.1 Å². The van der Waals surface area contributed by atoms with Crippen LogP contribution in [-0.2, 0) is 20.8 Å². The Bertz CT molecular complexity index is 1070. The molecule has 8 heteroatoms. The summed E-state index contributed by atoms with van der Waals surface area (Å²) in [7, 11) is 1.48. The summed E-state index contributed by atoms with van der Waals surface area (Å²) in [6.45, 7) is 8.16. The summed E-state index contributed by atoms with van der Waals surface area (Å²) in [6.07, 6.45) is 5.35. The fourth-order valence-corrected chi connectivity index (χ4v) is 8.01. The number of hydrogen-bond donors (Lipinski definition) is 0. The van der Waals surface area contributed by atoms with Gasteiger partial charge in [0.1, 0.15) is 0 Å². The summed E-state index contributed by atoms with van der Waals surface area (Å²) in [5.74, 6) is 0.889. The van der Waals surface area contributed by atoms with E-state index in [4.69, 9.17) is 32.7 Å². The number of hydrogen-bond acceptors (Lipinski definition) is 6. The van der Waals surface area contributed by atoms with Gasteiger partial charge >= 0.3 is 5.97 Å². The first kappa shape index (κ1) is 27.4. The lowest BCUT2D eigenvalue weighted by atomic mass is 9.85. The molecule has 0 N–H and O–H groups in total. The second kappa shape index (κ2) is 11.5. The fraction of sp³-hybridized carbons (Fsp3) is 0.621. The Hall–Kier alpha value is -1.15. The number of benzene rings is 1. The van der Waals surface area contributed by atoms with Crippen molar-refractivity contribution in [3.05, 3.63) is 56.2 Å². The minimum Gasteiger partial charge on any atom is -0.467 e. The second-order valence-corrected chi connectivity index (χ2v) is 12.8. The standard InChI is InChI=1S/C29H38Cl2N2O3S/c1-3-7-29(27(34)35-2)9-8-28(36-29)10-12-32(13-11-28)17-23-18-33(19-25(23)22-6-14-37-20-22)16-21-4-5-24(30)15-26(21)31/h4-6,14-15,20,23,25H,3,7-13,16-19H2,1-2H3/t23-,25+,29?/m0/s1. The fourth-order valence-electron chi connectivity index (χ4n) is 6.81. The molecule has 3 aliphatic rings. The van der Waals surface area contributed by atoms with E-state index in [0.717, 1.165) is 88.4 Å². The predicted molar refractivity (Wildman–Crippen MR) is 151 cm³/mol. The van der Waals surface area contributed by atoms with Gasteiger partial charge in [-0.15, -0.1) is 0 Å². The van der Waals surface area contributed by atoms with Crippen molar-refractivity contribution in [1.82, 2.24) is 9.80 Å². The van der Waals surface area contributed by atoms with Gasteiger partial charge in [-0.1, -0.05) is 42.6 Å². The normalized spacial score (nSPS) is 28.2. The van der Waals surface area contributed by atoms with E-state index in [-0.39, 0.29) is 11.6 Å². The van der Waals surface area contributed by atoms with E-state index in [1.807, 2.05) is 12.1 Å². The van der Waals surface area contributed by atoms with Crippen molar-refractivity contribution in [3.63, 3.8) is 0 Å². The molecule has 2 aromatic rings. The average molecular weight is 566 g/mol. The van der Waals surface area contributed by atoms with Gasteiger partial charge in [0.2, 0.25) is 0 Å². The molecule has 4 heterocycles. The topological polar surface area (TPSA) is 42.0 Å². The van der Waals surface area contributed by atoms with E-state index in [9.17, 15) is 4.79 Å². The Morgan fingerprint density at radius 3 is 2.62 bits per heavy atom. The number of thiophene rings is 1. The Morgan fingerprint density at radius 2 is 1.95 bits per heavy atom. The average Bonchev–Trinajstić information content (AvgIpc) is 3.63. The van der Waals surface area contributed by atoms with Crippen molar-refractivity contribution in [3.8, 4) is 0 Å². The van der Waals surface area contributed by atoms with E-state index in [2.05, 4.69) is 39.6 Å². The Morgan fingerprint density at radius 1 is 1.14 bits per heavy atom. The highest BCUT2D eigenvalue weighted by molar-refractivity contribution is 7.08. The third-order valence-electron chi connectivity index (χ3n) is 8.76. The molecule has 1 aromatic heterocycles. The molecule has 3 fully saturated rings. The second-order valence-electron chi connectivity index (χ2n) is 11.2. The molecule has 37 heavy (non-hydrogen) atoms. The van der Waals surface area contributed by atoms with Crippen molar-refractivity contribution < 1.29 is 14.3 Å². The number of carbonyl (C=O) groups excluding carboxylic acids is 1. The van der Waals surface area contributed by atoms with Gasteiger partial charge in [-0.25, -0.2) is 4.79 Å². The Kier molecular flexibility index (Phi) is 8.54. The summed E-state index contributed by atoms with van der Waals surface area (Å²) < 4.78 is 11.8. The molecule has 5 nitrogen and oxygen atoms in total. The smallest absolute Gasteiger partial charge is 0.338 e. The maximum Gasteiger partial charge on any atom is 0.338 e. The lowest BCUT2D eigenvalue weighted by Gasteiger charge is -2.41. The number of ether oxygens (including phenoxy) is 2. The summed E-state index contributed by atoms with van der Waals surface area (Å²) in [6, 6.07) is 8.11. The van der Waals surface area contributed by atoms with E-state index >= 15 is 0 Å². The van der Waals surface area contributed by atoms with E-state index in [0.29, 0.717) is 16.9 Å². The molecule has 0 saturated carbocycles. The van der Waals surface area contributed by atoms with Crippen molar-refractivity contribution >= 4 is 40.5 Å². The summed E-state index contributed by atoms with van der Waals surface area (Å²) >= 11 is 14.4. The molecule has 1 spiro atoms. The molecule has 0 amide bonds. The molecule has 202 valence electrons. The summed E-state index contributed by atoms with van der Waals surface area (Å²) in [5.41, 5.74) is 1.66. The lowest BCUT2D eigenvalue weighted by Crippen LogP contribution is -2.49. The molecule has 0 bridgehead atoms. The van der Waals surface area contributed by atoms with E-state index in [1.165, 1.54) is 12.7 Å². The zero-order chi connectivity index (χ0) is 26.0. The maximum atomic E-state index is 12.6. The molecule has 3 saturated heterocycles. The zero-order valence-electron chi connectivity index (χ0n) is 21.9. The van der Waals surface area contributed by atoms with Crippen molar-refractivity contribution in [1.29, 1.82) is 0 Å². The number of rotatable bonds is 8. The number of carbonyl (C=O) groups is 1. The first-order chi connectivity index (χ1) is 17.9. The molecule has 0 radical (unpaired) electrons. The summed E-state index contributed by atoms with van der Waals surface area (Å²) in [5, 5.41) is 5.93. The molecule has 3 atom stereocenters. The van der Waals surface area contributed by atoms with Gasteiger partial charge in [0.25, 0.3) is 0 Å². The number of esters is 1. The Labute approximate surface area is 235 Å². The Balaban J connectivity index is 1.22. The van der Waals surface area contributed by atoms with Crippen LogP contribution < -0.4 is 0 Å². The van der Waals surface area contributed by atoms with Crippen LogP contribution in [0.2, 0.25) is 10.0 Å². The molecular weight excluding hydrogens is 527 g/mol. The molecular formula is C29H38Cl2N2O3S. The number of methoxy groups -OCH3 is 1. The molecule has 0 aliphatic carbocycles. The highest BCUT2D eigenvalue weighted by Gasteiger charge is 2.54. The first-order valence-corrected chi connectivity index (χ1v) is 15.2. The van der Waals surface area contributed by atoms with Crippen LogP contribution in [0.15, 0.2) is 35.0 Å². The lowest BCUT2D eigenvalue weighted by molar-refractivity contribution is -0.183. The van der Waals surface area contributed by atoms with Gasteiger partial charge in [0, 0.05) is 55.2 Å². The van der Waals surface area contributed by atoms with Crippen LogP contribution in [0.4, 0.5) is 0 Å². The summed E-state index contributed by atoms with van der Waals surface area (Å²) in [4.78, 5) is 17.8. The van der Waals surface area contributed by atoms with Gasteiger partial charge in [-0.2, -0.15) is 11.3 Å². The SMILES string of the molecule is CCCC1(C(=O)OC)CCC2(CCN(C[C@H]3CN(Cc4ccc(Cl)cc4Cl)C[C@@H]3c3ccsc3)CC2)O1. The van der Waals surface area contributed by atoms with E-state index in [1.54, 1.807) is 11.3 Å². The van der Waals surface area contributed by atoms with Crippen LogP contribution >= 0.6 is 34.5 Å². The van der Waals surface area contributed by atoms with Gasteiger partial charge < -0.3 is 14.4 Å². The highest BCUT2D eigenvalue weighted by Crippen LogP contribution is 2.47. The van der Waals surface area contributed by atoms with Crippen LogP contribution in [0.1, 0.15) is 62.5 Å². The number of halogens is 2. The minimum atomic E-state index is -0.745. The van der Waals surface area contributed by atoms with E-state index < -0.39 is 5.60 Å². The zero-order valence-corrected chi connectivity index (χ0v) is 24.2. The minimum absolute atomic E-state index is 0.181. The molecule has 1 unspecified atom stereocenters. The van der Waals surface area contributed by atoms with Gasteiger partial charge in [0.05, 0.1) is 12.7 Å². The molecule has 3 aliphatic heterocycles. The largest absolute Gasteiger partial charge is 0.467 e. The van der Waals surface area contributed by atoms with Gasteiger partial charge in [-0.3, -0.25) is 4.90 Å². The molecule has 5 rings (SSSR count).